The summed E-state index contributed by atoms with van der Waals surface area (Å²) in [5.74, 6) is -1.64. The molecular weight excluding hydrogens is 573 g/mol. The van der Waals surface area contributed by atoms with Gasteiger partial charge in [-0.15, -0.1) is 0 Å². The Balaban J connectivity index is 2.02. The monoisotopic (exact) mass is 598 g/mol. The zero-order valence-electron chi connectivity index (χ0n) is 21.1. The molecule has 39 heavy (non-hydrogen) atoms. The second-order valence-electron chi connectivity index (χ2n) is 9.40. The van der Waals surface area contributed by atoms with Gasteiger partial charge < -0.3 is 19.7 Å². The van der Waals surface area contributed by atoms with E-state index in [1.54, 1.807) is 6.92 Å². The highest BCUT2D eigenvalue weighted by Gasteiger charge is 2.51. The van der Waals surface area contributed by atoms with Crippen molar-refractivity contribution in [1.29, 1.82) is 0 Å². The van der Waals surface area contributed by atoms with Crippen LogP contribution in [0.1, 0.15) is 34.1 Å². The number of carboxylic acids is 1. The van der Waals surface area contributed by atoms with E-state index in [0.29, 0.717) is 20.4 Å². The number of nitrogens with one attached hydrogen (secondary N) is 1. The van der Waals surface area contributed by atoms with Gasteiger partial charge in [0, 0.05) is 24.8 Å². The minimum atomic E-state index is -4.85. The molecule has 17 heteroatoms. The van der Waals surface area contributed by atoms with Gasteiger partial charge in [-0.05, 0) is 45.9 Å². The molecule has 0 saturated carbocycles. The summed E-state index contributed by atoms with van der Waals surface area (Å²) in [6.07, 6.45) is -6.77. The molecule has 0 fully saturated rings. The molecule has 1 amide bonds. The molecule has 1 aromatic heterocycles. The van der Waals surface area contributed by atoms with Crippen molar-refractivity contribution in [3.8, 4) is 5.75 Å². The number of aliphatic carboxylic acids is 1. The third kappa shape index (κ3) is 6.33. The molecule has 2 atom stereocenters. The van der Waals surface area contributed by atoms with Crippen LogP contribution in [-0.4, -0.2) is 70.5 Å². The molecule has 0 aliphatic carbocycles. The van der Waals surface area contributed by atoms with E-state index in [0.717, 1.165) is 17.3 Å². The summed E-state index contributed by atoms with van der Waals surface area (Å²) in [7, 11) is -4.48. The zero-order valence-corrected chi connectivity index (χ0v) is 22.7. The number of alkyl halides is 3. The summed E-state index contributed by atoms with van der Waals surface area (Å²) >= 11 is 6.09. The van der Waals surface area contributed by atoms with Crippen LogP contribution in [0.2, 0.25) is 5.15 Å². The number of nitrogens with zero attached hydrogens (tertiary/aromatic N) is 3. The first kappa shape index (κ1) is 30.3. The molecular formula is C22H26ClF3N4O8S. The molecule has 12 nitrogen and oxygen atoms in total. The van der Waals surface area contributed by atoms with Crippen LogP contribution in [0.25, 0.3) is 0 Å². The van der Waals surface area contributed by atoms with E-state index in [9.17, 15) is 41.4 Å². The first-order valence-electron chi connectivity index (χ1n) is 11.4. The molecule has 2 aromatic rings. The molecule has 1 aliphatic heterocycles. The quantitative estimate of drug-likeness (QED) is 0.412. The fourth-order valence-electron chi connectivity index (χ4n) is 3.52. The number of aromatic nitrogens is 2. The van der Waals surface area contributed by atoms with Gasteiger partial charge in [-0.3, -0.25) is 14.3 Å². The van der Waals surface area contributed by atoms with Gasteiger partial charge in [0.25, 0.3) is 10.0 Å². The lowest BCUT2D eigenvalue weighted by Crippen LogP contribution is -2.48. The minimum Gasteiger partial charge on any atom is -0.486 e. The van der Waals surface area contributed by atoms with Crippen molar-refractivity contribution in [3.63, 3.8) is 0 Å². The highest BCUT2D eigenvalue weighted by atomic mass is 35.5. The zero-order chi connectivity index (χ0) is 29.6. The summed E-state index contributed by atoms with van der Waals surface area (Å²) in [5.41, 5.74) is -5.35. The number of rotatable bonds is 8. The second-order valence-corrected chi connectivity index (χ2v) is 11.6. The number of anilines is 2. The number of fused-ring (bicyclic) bond motifs is 1. The number of carbonyl (C=O) groups is 2. The lowest BCUT2D eigenvalue weighted by Gasteiger charge is -2.37. The molecule has 3 N–H and O–H groups in total. The first-order chi connectivity index (χ1) is 17.8. The number of hydrogen-bond donors (Lipinski definition) is 3. The summed E-state index contributed by atoms with van der Waals surface area (Å²) in [4.78, 5) is 23.2. The highest BCUT2D eigenvalue weighted by molar-refractivity contribution is 7.93. The van der Waals surface area contributed by atoms with Gasteiger partial charge in [0.05, 0.1) is 12.2 Å². The Morgan fingerprint density at radius 1 is 1.28 bits per heavy atom. The molecule has 0 saturated heterocycles. The van der Waals surface area contributed by atoms with Gasteiger partial charge in [0.2, 0.25) is 5.60 Å². The summed E-state index contributed by atoms with van der Waals surface area (Å²) < 4.78 is 79.0. The summed E-state index contributed by atoms with van der Waals surface area (Å²) in [6.45, 7) is 3.86. The van der Waals surface area contributed by atoms with E-state index in [1.165, 1.54) is 23.0 Å². The summed E-state index contributed by atoms with van der Waals surface area (Å²) in [6, 6.07) is 3.56. The second kappa shape index (κ2) is 10.4. The third-order valence-electron chi connectivity index (χ3n) is 5.83. The maximum absolute atomic E-state index is 13.7. The van der Waals surface area contributed by atoms with Crippen molar-refractivity contribution in [3.05, 3.63) is 29.5 Å². The number of benzene rings is 1. The van der Waals surface area contributed by atoms with Crippen molar-refractivity contribution in [2.24, 2.45) is 0 Å². The van der Waals surface area contributed by atoms with Crippen LogP contribution in [-0.2, 0) is 26.1 Å². The number of ether oxygens (including phenoxy) is 2. The lowest BCUT2D eigenvalue weighted by atomic mass is 9.98. The number of aliphatic hydroxyl groups is 1. The number of carboxylic acid groups (broad SMARTS) is 1. The molecule has 2 heterocycles. The van der Waals surface area contributed by atoms with Crippen molar-refractivity contribution >= 4 is 45.1 Å². The van der Waals surface area contributed by atoms with Crippen molar-refractivity contribution in [1.82, 2.24) is 9.78 Å². The average Bonchev–Trinajstić information content (AvgIpc) is 3.18. The molecule has 0 radical (unpaired) electrons. The maximum atomic E-state index is 13.7. The fraction of sp³-hybridized carbons (Fsp3) is 0.500. The topological polar surface area (TPSA) is 160 Å². The van der Waals surface area contributed by atoms with Crippen molar-refractivity contribution in [2.45, 2.75) is 69.0 Å². The van der Waals surface area contributed by atoms with Crippen LogP contribution in [0.4, 0.5) is 29.3 Å². The highest BCUT2D eigenvalue weighted by Crippen LogP contribution is 2.41. The number of amides is 1. The van der Waals surface area contributed by atoms with Gasteiger partial charge in [-0.25, -0.2) is 18.0 Å². The Morgan fingerprint density at radius 3 is 2.46 bits per heavy atom. The number of carbonyl (C=O) groups excluding carboxylic acids is 1. The van der Waals surface area contributed by atoms with Crippen molar-refractivity contribution < 1.29 is 50.9 Å². The number of aryl methyl sites for hydroxylation is 1. The lowest BCUT2D eigenvalue weighted by molar-refractivity contribution is -0.242. The largest absolute Gasteiger partial charge is 0.486 e. The van der Waals surface area contributed by atoms with E-state index >= 15 is 0 Å². The van der Waals surface area contributed by atoms with E-state index in [4.69, 9.17) is 16.3 Å². The summed E-state index contributed by atoms with van der Waals surface area (Å²) in [5, 5.41) is 25.2. The molecule has 0 bridgehead atoms. The molecule has 1 aromatic carbocycles. The smallest absolute Gasteiger partial charge is 0.427 e. The maximum Gasteiger partial charge on any atom is 0.427 e. The Labute approximate surface area is 226 Å². The number of sulfonamides is 1. The van der Waals surface area contributed by atoms with Crippen LogP contribution < -0.4 is 14.4 Å². The number of hydrogen-bond acceptors (Lipinski definition) is 8. The Bertz CT molecular complexity index is 1380. The molecule has 3 rings (SSSR count). The van der Waals surface area contributed by atoms with Crippen LogP contribution in [0.5, 0.6) is 5.75 Å². The van der Waals surface area contributed by atoms with Crippen LogP contribution in [0.3, 0.4) is 0 Å². The van der Waals surface area contributed by atoms with Gasteiger partial charge >= 0.3 is 18.2 Å². The Kier molecular flexibility index (Phi) is 8.07. The number of halogens is 4. The normalized spacial score (nSPS) is 17.6. The van der Waals surface area contributed by atoms with Crippen LogP contribution in [0.15, 0.2) is 29.3 Å². The van der Waals surface area contributed by atoms with E-state index in [1.807, 2.05) is 0 Å². The Morgan fingerprint density at radius 2 is 1.92 bits per heavy atom. The van der Waals surface area contributed by atoms with E-state index in [-0.39, 0.29) is 27.2 Å². The minimum absolute atomic E-state index is 0.0791. The SMILES string of the molecule is CCn1cc(S(=O)(=O)N2C[C@H](C[C@](C)(O)C(=O)O)Oc3ccc(NC(=O)OC(C)(C)C(F)(F)F)cc32)c(Cl)n1. The predicted octanol–water partition coefficient (Wildman–Crippen LogP) is 3.63. The fourth-order valence-corrected chi connectivity index (χ4v) is 5.47. The third-order valence-corrected chi connectivity index (χ3v) is 8.00. The van der Waals surface area contributed by atoms with Gasteiger partial charge in [0.15, 0.2) is 10.8 Å². The van der Waals surface area contributed by atoms with E-state index in [2.05, 4.69) is 15.2 Å². The standard InChI is InChI=1S/C22H26ClF3N4O8S/c1-5-29-11-16(17(23)28-29)39(35,36)30-10-13(9-21(4,34)18(31)32)37-15-7-6-12(8-14(15)30)27-19(33)38-20(2,3)22(24,25)26/h6-8,11,13,34H,5,9-10H2,1-4H3,(H,27,33)(H,31,32)/t13-,21-/m0/s1. The molecule has 0 unspecified atom stereocenters. The van der Waals surface area contributed by atoms with Crippen LogP contribution >= 0.6 is 11.6 Å². The average molecular weight is 599 g/mol. The van der Waals surface area contributed by atoms with Gasteiger partial charge in [-0.2, -0.15) is 18.3 Å². The van der Waals surface area contributed by atoms with Gasteiger partial charge in [-0.1, -0.05) is 11.6 Å². The van der Waals surface area contributed by atoms with Crippen molar-refractivity contribution in [2.75, 3.05) is 16.2 Å². The van der Waals surface area contributed by atoms with E-state index < -0.39 is 58.5 Å². The molecule has 1 aliphatic rings. The molecule has 0 spiro atoms. The van der Waals surface area contributed by atoms with Crippen LogP contribution in [0, 0.1) is 0 Å². The van der Waals surface area contributed by atoms with Gasteiger partial charge in [0.1, 0.15) is 16.7 Å². The predicted molar refractivity (Wildman–Crippen MR) is 131 cm³/mol. The first-order valence-corrected chi connectivity index (χ1v) is 13.2. The Hall–Kier alpha value is -3.24. The molecule has 216 valence electrons.